The summed E-state index contributed by atoms with van der Waals surface area (Å²) in [6.07, 6.45) is 2.88. The zero-order valence-electron chi connectivity index (χ0n) is 14.5. The Labute approximate surface area is 147 Å². The quantitative estimate of drug-likeness (QED) is 0.893. The van der Waals surface area contributed by atoms with E-state index in [0.29, 0.717) is 17.1 Å². The molecule has 5 nitrogen and oxygen atoms in total. The first kappa shape index (κ1) is 17.0. The number of amides is 2. The first-order chi connectivity index (χ1) is 12.1. The molecule has 0 bridgehead atoms. The molecule has 0 heterocycles. The van der Waals surface area contributed by atoms with Crippen molar-refractivity contribution >= 4 is 23.2 Å². The van der Waals surface area contributed by atoms with Crippen LogP contribution in [0.4, 0.5) is 11.4 Å². The van der Waals surface area contributed by atoms with Crippen molar-refractivity contribution in [3.05, 3.63) is 53.6 Å². The number of rotatable bonds is 4. The maximum absolute atomic E-state index is 12.8. The summed E-state index contributed by atoms with van der Waals surface area (Å²) in [5.74, 6) is 0.196. The summed E-state index contributed by atoms with van der Waals surface area (Å²) < 4.78 is 5.24. The molecule has 1 aliphatic rings. The number of fused-ring (bicyclic) bond motifs is 1. The lowest BCUT2D eigenvalue weighted by atomic mass is 9.82. The number of ether oxygens (including phenoxy) is 1. The third kappa shape index (κ3) is 3.82. The molecule has 0 spiro atoms. The van der Waals surface area contributed by atoms with Gasteiger partial charge >= 0.3 is 0 Å². The van der Waals surface area contributed by atoms with Gasteiger partial charge in [-0.3, -0.25) is 9.59 Å². The van der Waals surface area contributed by atoms with E-state index in [2.05, 4.69) is 16.7 Å². The fourth-order valence-electron chi connectivity index (χ4n) is 3.33. The number of nitrogens with one attached hydrogen (secondary N) is 2. The number of aryl methyl sites for hydroxylation is 1. The maximum atomic E-state index is 12.8. The molecule has 2 N–H and O–H groups in total. The molecule has 0 radical (unpaired) electrons. The number of benzene rings is 2. The highest BCUT2D eigenvalue weighted by Crippen LogP contribution is 2.33. The molecule has 3 rings (SSSR count). The van der Waals surface area contributed by atoms with Gasteiger partial charge in [-0.1, -0.05) is 24.3 Å². The zero-order valence-corrected chi connectivity index (χ0v) is 14.5. The smallest absolute Gasteiger partial charge is 0.231 e. The molecular weight excluding hydrogens is 316 g/mol. The average molecular weight is 338 g/mol. The Morgan fingerprint density at radius 1 is 1.12 bits per heavy atom. The largest absolute Gasteiger partial charge is 0.495 e. The summed E-state index contributed by atoms with van der Waals surface area (Å²) >= 11 is 0. The average Bonchev–Trinajstić information content (AvgIpc) is 2.61. The van der Waals surface area contributed by atoms with Crippen molar-refractivity contribution < 1.29 is 14.3 Å². The molecule has 1 atom stereocenters. The minimum Gasteiger partial charge on any atom is -0.495 e. The van der Waals surface area contributed by atoms with Crippen molar-refractivity contribution in [2.75, 3.05) is 17.7 Å². The molecule has 0 unspecified atom stereocenters. The minimum atomic E-state index is -0.192. The molecule has 5 heteroatoms. The Bertz CT molecular complexity index is 801. The van der Waals surface area contributed by atoms with Gasteiger partial charge in [0, 0.05) is 12.6 Å². The predicted molar refractivity (Wildman–Crippen MR) is 98.0 cm³/mol. The van der Waals surface area contributed by atoms with Crippen LogP contribution in [0.1, 0.15) is 36.8 Å². The summed E-state index contributed by atoms with van der Waals surface area (Å²) in [6, 6.07) is 13.3. The van der Waals surface area contributed by atoms with Crippen molar-refractivity contribution in [3.8, 4) is 5.75 Å². The van der Waals surface area contributed by atoms with Crippen molar-refractivity contribution in [1.29, 1.82) is 0 Å². The molecule has 130 valence electrons. The third-order valence-electron chi connectivity index (χ3n) is 4.46. The van der Waals surface area contributed by atoms with Crippen molar-refractivity contribution in [1.82, 2.24) is 0 Å². The van der Waals surface area contributed by atoms with Gasteiger partial charge in [0.15, 0.2) is 0 Å². The fraction of sp³-hybridized carbons (Fsp3) is 0.300. The number of hydrogen-bond donors (Lipinski definition) is 2. The van der Waals surface area contributed by atoms with Crippen LogP contribution in [0.5, 0.6) is 5.75 Å². The topological polar surface area (TPSA) is 67.4 Å². The second-order valence-electron chi connectivity index (χ2n) is 6.23. The van der Waals surface area contributed by atoms with Gasteiger partial charge in [0.05, 0.1) is 18.7 Å². The normalized spacial score (nSPS) is 15.8. The van der Waals surface area contributed by atoms with Gasteiger partial charge in [0.25, 0.3) is 0 Å². The molecular formula is C20H22N2O3. The lowest BCUT2D eigenvalue weighted by molar-refractivity contribution is -0.118. The second-order valence-corrected chi connectivity index (χ2v) is 6.23. The van der Waals surface area contributed by atoms with Gasteiger partial charge in [-0.25, -0.2) is 0 Å². The molecule has 2 amide bonds. The summed E-state index contributed by atoms with van der Waals surface area (Å²) in [4.78, 5) is 24.1. The molecule has 0 saturated heterocycles. The Morgan fingerprint density at radius 2 is 1.92 bits per heavy atom. The molecule has 0 saturated carbocycles. The summed E-state index contributed by atoms with van der Waals surface area (Å²) in [6.45, 7) is 1.43. The molecule has 0 aromatic heterocycles. The van der Waals surface area contributed by atoms with E-state index < -0.39 is 0 Å². The third-order valence-corrected chi connectivity index (χ3v) is 4.46. The Morgan fingerprint density at radius 3 is 2.68 bits per heavy atom. The van der Waals surface area contributed by atoms with Crippen LogP contribution in [-0.4, -0.2) is 18.9 Å². The molecule has 2 aromatic rings. The summed E-state index contributed by atoms with van der Waals surface area (Å²) in [5.41, 5.74) is 3.54. The van der Waals surface area contributed by atoms with Crippen LogP contribution in [0.2, 0.25) is 0 Å². The molecule has 0 fully saturated rings. The van der Waals surface area contributed by atoms with Gasteiger partial charge in [0.2, 0.25) is 11.8 Å². The molecule has 25 heavy (non-hydrogen) atoms. The van der Waals surface area contributed by atoms with E-state index in [-0.39, 0.29) is 17.7 Å². The van der Waals surface area contributed by atoms with Crippen LogP contribution in [0, 0.1) is 0 Å². The SMILES string of the molecule is COc1ccc(NC(=O)[C@@H]2CCCc3ccccc32)cc1NC(C)=O. The molecule has 0 aliphatic heterocycles. The number of anilines is 2. The van der Waals surface area contributed by atoms with Crippen molar-refractivity contribution in [2.45, 2.75) is 32.1 Å². The maximum Gasteiger partial charge on any atom is 0.231 e. The Hall–Kier alpha value is -2.82. The molecule has 1 aliphatic carbocycles. The standard InChI is InChI=1S/C20H22N2O3/c1-13(23)21-18-12-15(10-11-19(18)25-2)22-20(24)17-9-5-7-14-6-3-4-8-16(14)17/h3-4,6,8,10-12,17H,5,7,9H2,1-2H3,(H,21,23)(H,22,24)/t17-/m1/s1. The van der Waals surface area contributed by atoms with E-state index in [1.165, 1.54) is 19.6 Å². The highest BCUT2D eigenvalue weighted by atomic mass is 16.5. The first-order valence-corrected chi connectivity index (χ1v) is 8.43. The van der Waals surface area contributed by atoms with E-state index in [9.17, 15) is 9.59 Å². The van der Waals surface area contributed by atoms with E-state index in [4.69, 9.17) is 4.74 Å². The lowest BCUT2D eigenvalue weighted by Crippen LogP contribution is -2.24. The highest BCUT2D eigenvalue weighted by molar-refractivity contribution is 5.98. The summed E-state index contributed by atoms with van der Waals surface area (Å²) in [5, 5.41) is 5.69. The van der Waals surface area contributed by atoms with Crippen molar-refractivity contribution in [3.63, 3.8) is 0 Å². The van der Waals surface area contributed by atoms with Crippen LogP contribution in [-0.2, 0) is 16.0 Å². The van der Waals surface area contributed by atoms with Gasteiger partial charge in [0.1, 0.15) is 5.75 Å². The van der Waals surface area contributed by atoms with E-state index >= 15 is 0 Å². The predicted octanol–water partition coefficient (Wildman–Crippen LogP) is 3.71. The minimum absolute atomic E-state index is 0.0221. The molecule has 2 aromatic carbocycles. The van der Waals surface area contributed by atoms with Crippen LogP contribution in [0.25, 0.3) is 0 Å². The number of hydrogen-bond acceptors (Lipinski definition) is 3. The number of methoxy groups -OCH3 is 1. The van der Waals surface area contributed by atoms with E-state index in [0.717, 1.165) is 24.8 Å². The highest BCUT2D eigenvalue weighted by Gasteiger charge is 2.26. The Balaban J connectivity index is 1.81. The summed E-state index contributed by atoms with van der Waals surface area (Å²) in [7, 11) is 1.54. The van der Waals surface area contributed by atoms with Crippen LogP contribution < -0.4 is 15.4 Å². The first-order valence-electron chi connectivity index (χ1n) is 8.43. The number of carbonyl (C=O) groups is 2. The monoisotopic (exact) mass is 338 g/mol. The van der Waals surface area contributed by atoms with Crippen LogP contribution >= 0.6 is 0 Å². The zero-order chi connectivity index (χ0) is 17.8. The van der Waals surface area contributed by atoms with Gasteiger partial charge in [-0.05, 0) is 48.6 Å². The van der Waals surface area contributed by atoms with Crippen LogP contribution in [0.3, 0.4) is 0 Å². The van der Waals surface area contributed by atoms with E-state index in [1.807, 2.05) is 18.2 Å². The van der Waals surface area contributed by atoms with E-state index in [1.54, 1.807) is 18.2 Å². The van der Waals surface area contributed by atoms with Crippen LogP contribution in [0.15, 0.2) is 42.5 Å². The second kappa shape index (κ2) is 7.38. The lowest BCUT2D eigenvalue weighted by Gasteiger charge is -2.24. The van der Waals surface area contributed by atoms with Crippen molar-refractivity contribution in [2.24, 2.45) is 0 Å². The van der Waals surface area contributed by atoms with Gasteiger partial charge < -0.3 is 15.4 Å². The van der Waals surface area contributed by atoms with Gasteiger partial charge in [-0.2, -0.15) is 0 Å². The van der Waals surface area contributed by atoms with Gasteiger partial charge in [-0.15, -0.1) is 0 Å². The number of carbonyl (C=O) groups excluding carboxylic acids is 2. The fourth-order valence-corrected chi connectivity index (χ4v) is 3.33. The Kier molecular flexibility index (Phi) is 5.03.